The average molecular weight is 257 g/mol. The number of nitrogens with two attached hydrogens (primary N) is 1. The molecule has 0 saturated heterocycles. The Balaban J connectivity index is 2.19. The van der Waals surface area contributed by atoms with Crippen LogP contribution >= 0.6 is 11.6 Å². The van der Waals surface area contributed by atoms with Crippen LogP contribution < -0.4 is 5.73 Å². The highest BCUT2D eigenvalue weighted by atomic mass is 35.5. The van der Waals surface area contributed by atoms with Crippen molar-refractivity contribution in [3.05, 3.63) is 47.7 Å². The molecule has 88 valence electrons. The first kappa shape index (κ1) is 10.9. The summed E-state index contributed by atoms with van der Waals surface area (Å²) in [6.45, 7) is 0. The van der Waals surface area contributed by atoms with E-state index in [1.807, 2.05) is 42.5 Å². The number of rotatable bonds is 1. The minimum atomic E-state index is 0.102. The van der Waals surface area contributed by atoms with E-state index in [1.165, 1.54) is 0 Å². The van der Waals surface area contributed by atoms with E-state index in [0.29, 0.717) is 5.82 Å². The molecule has 0 amide bonds. The fourth-order valence-corrected chi connectivity index (χ4v) is 1.99. The quantitative estimate of drug-likeness (QED) is 0.727. The summed E-state index contributed by atoms with van der Waals surface area (Å²) in [7, 11) is 0. The van der Waals surface area contributed by atoms with E-state index in [2.05, 4.69) is 15.0 Å². The highest BCUT2D eigenvalue weighted by Gasteiger charge is 2.06. The van der Waals surface area contributed by atoms with E-state index in [-0.39, 0.29) is 11.2 Å². The molecule has 3 aromatic rings. The highest BCUT2D eigenvalue weighted by molar-refractivity contribution is 6.28. The monoisotopic (exact) mass is 256 g/mol. The first-order chi connectivity index (χ1) is 8.72. The molecule has 0 aliphatic rings. The van der Waals surface area contributed by atoms with Crippen LogP contribution in [0, 0.1) is 0 Å². The van der Waals surface area contributed by atoms with E-state index >= 15 is 0 Å². The van der Waals surface area contributed by atoms with Crippen molar-refractivity contribution in [2.45, 2.75) is 0 Å². The lowest BCUT2D eigenvalue weighted by Gasteiger charge is -2.03. The van der Waals surface area contributed by atoms with Gasteiger partial charge in [0.15, 0.2) is 5.82 Å². The molecule has 4 nitrogen and oxygen atoms in total. The molecule has 0 spiro atoms. The molecule has 0 saturated carbocycles. The van der Waals surface area contributed by atoms with Gasteiger partial charge < -0.3 is 5.73 Å². The summed E-state index contributed by atoms with van der Waals surface area (Å²) >= 11 is 5.78. The van der Waals surface area contributed by atoms with Gasteiger partial charge in [-0.25, -0.2) is 0 Å². The van der Waals surface area contributed by atoms with E-state index in [4.69, 9.17) is 17.3 Å². The largest absolute Gasteiger partial charge is 0.368 e. The first-order valence-electron chi connectivity index (χ1n) is 5.38. The van der Waals surface area contributed by atoms with Crippen LogP contribution in [0.25, 0.3) is 22.2 Å². The van der Waals surface area contributed by atoms with E-state index in [1.54, 1.807) is 0 Å². The summed E-state index contributed by atoms with van der Waals surface area (Å²) in [6, 6.07) is 14.0. The van der Waals surface area contributed by atoms with Crippen molar-refractivity contribution < 1.29 is 0 Å². The van der Waals surface area contributed by atoms with E-state index < -0.39 is 0 Å². The normalized spacial score (nSPS) is 10.7. The molecular weight excluding hydrogens is 248 g/mol. The van der Waals surface area contributed by atoms with Crippen LogP contribution in [-0.2, 0) is 0 Å². The van der Waals surface area contributed by atoms with Gasteiger partial charge in [-0.2, -0.15) is 15.0 Å². The Hall–Kier alpha value is -2.20. The minimum Gasteiger partial charge on any atom is -0.368 e. The van der Waals surface area contributed by atoms with Gasteiger partial charge in [0, 0.05) is 5.56 Å². The molecule has 5 heteroatoms. The van der Waals surface area contributed by atoms with Crippen LogP contribution in [0.3, 0.4) is 0 Å². The number of nitrogens with zero attached hydrogens (tertiary/aromatic N) is 3. The number of aromatic nitrogens is 3. The van der Waals surface area contributed by atoms with E-state index in [0.717, 1.165) is 16.3 Å². The minimum absolute atomic E-state index is 0.102. The van der Waals surface area contributed by atoms with Crippen molar-refractivity contribution in [2.75, 3.05) is 5.73 Å². The molecule has 0 unspecified atom stereocenters. The Labute approximate surface area is 108 Å². The zero-order chi connectivity index (χ0) is 12.5. The lowest BCUT2D eigenvalue weighted by Crippen LogP contribution is -1.99. The predicted octanol–water partition coefficient (Wildman–Crippen LogP) is 2.93. The van der Waals surface area contributed by atoms with Gasteiger partial charge in [0.25, 0.3) is 0 Å². The lowest BCUT2D eigenvalue weighted by atomic mass is 10.1. The fraction of sp³-hybridized carbons (Fsp3) is 0. The van der Waals surface area contributed by atoms with Crippen molar-refractivity contribution in [2.24, 2.45) is 0 Å². The molecule has 1 aromatic heterocycles. The maximum Gasteiger partial charge on any atom is 0.227 e. The molecule has 0 bridgehead atoms. The second-order valence-corrected chi connectivity index (χ2v) is 4.19. The number of anilines is 1. The Kier molecular flexibility index (Phi) is 2.57. The van der Waals surface area contributed by atoms with Gasteiger partial charge in [0.05, 0.1) is 0 Å². The number of halogens is 1. The third kappa shape index (κ3) is 1.98. The fourth-order valence-electron chi connectivity index (χ4n) is 1.82. The molecule has 3 rings (SSSR count). The van der Waals surface area contributed by atoms with Gasteiger partial charge in [-0.3, -0.25) is 0 Å². The molecule has 1 heterocycles. The summed E-state index contributed by atoms with van der Waals surface area (Å²) < 4.78 is 0. The van der Waals surface area contributed by atoms with Crippen LogP contribution in [0.2, 0.25) is 5.28 Å². The molecule has 0 fully saturated rings. The maximum absolute atomic E-state index is 5.78. The standard InChI is InChI=1S/C13H9ClN4/c14-12-16-11(17-13(15)18-12)10-6-5-8-3-1-2-4-9(8)7-10/h1-7H,(H2,15,16,17,18). The first-order valence-corrected chi connectivity index (χ1v) is 5.76. The SMILES string of the molecule is Nc1nc(Cl)nc(-c2ccc3ccccc3c2)n1. The Morgan fingerprint density at radius 1 is 0.889 bits per heavy atom. The van der Waals surface area contributed by atoms with Crippen LogP contribution in [0.5, 0.6) is 0 Å². The molecule has 0 aliphatic carbocycles. The zero-order valence-corrected chi connectivity index (χ0v) is 10.1. The van der Waals surface area contributed by atoms with Crippen molar-refractivity contribution in [3.63, 3.8) is 0 Å². The van der Waals surface area contributed by atoms with E-state index in [9.17, 15) is 0 Å². The topological polar surface area (TPSA) is 64.7 Å². The maximum atomic E-state index is 5.78. The smallest absolute Gasteiger partial charge is 0.227 e. The van der Waals surface area contributed by atoms with Crippen LogP contribution in [0.15, 0.2) is 42.5 Å². The molecular formula is C13H9ClN4. The van der Waals surface area contributed by atoms with Gasteiger partial charge >= 0.3 is 0 Å². The van der Waals surface area contributed by atoms with Crippen LogP contribution in [0.4, 0.5) is 5.95 Å². The van der Waals surface area contributed by atoms with Gasteiger partial charge in [-0.05, 0) is 28.4 Å². The molecule has 0 radical (unpaired) electrons. The third-order valence-electron chi connectivity index (χ3n) is 2.63. The molecule has 18 heavy (non-hydrogen) atoms. The Morgan fingerprint density at radius 3 is 2.44 bits per heavy atom. The van der Waals surface area contributed by atoms with Crippen molar-refractivity contribution in [1.82, 2.24) is 15.0 Å². The summed E-state index contributed by atoms with van der Waals surface area (Å²) in [4.78, 5) is 11.9. The number of nitrogen functional groups attached to an aromatic ring is 1. The highest BCUT2D eigenvalue weighted by Crippen LogP contribution is 2.22. The Bertz CT molecular complexity index is 707. The number of hydrogen-bond acceptors (Lipinski definition) is 4. The average Bonchev–Trinajstić information content (AvgIpc) is 2.37. The molecule has 2 aromatic carbocycles. The molecule has 0 aliphatic heterocycles. The van der Waals surface area contributed by atoms with Gasteiger partial charge in [-0.15, -0.1) is 0 Å². The van der Waals surface area contributed by atoms with Gasteiger partial charge in [0.1, 0.15) is 0 Å². The molecule has 2 N–H and O–H groups in total. The van der Waals surface area contributed by atoms with Crippen LogP contribution in [-0.4, -0.2) is 15.0 Å². The summed E-state index contributed by atoms with van der Waals surface area (Å²) in [5, 5.41) is 2.38. The van der Waals surface area contributed by atoms with Gasteiger partial charge in [0.2, 0.25) is 11.2 Å². The summed E-state index contributed by atoms with van der Waals surface area (Å²) in [5.41, 5.74) is 6.43. The van der Waals surface area contributed by atoms with Crippen LogP contribution in [0.1, 0.15) is 0 Å². The molecule has 0 atom stereocenters. The third-order valence-corrected chi connectivity index (χ3v) is 2.80. The number of benzene rings is 2. The number of fused-ring (bicyclic) bond motifs is 1. The van der Waals surface area contributed by atoms with Crippen molar-refractivity contribution in [1.29, 1.82) is 0 Å². The van der Waals surface area contributed by atoms with Gasteiger partial charge in [-0.1, -0.05) is 36.4 Å². The zero-order valence-electron chi connectivity index (χ0n) is 9.34. The second kappa shape index (κ2) is 4.23. The Morgan fingerprint density at radius 2 is 1.67 bits per heavy atom. The number of hydrogen-bond donors (Lipinski definition) is 1. The lowest BCUT2D eigenvalue weighted by molar-refractivity contribution is 1.07. The van der Waals surface area contributed by atoms with Crippen molar-refractivity contribution >= 4 is 28.3 Å². The van der Waals surface area contributed by atoms with Crippen molar-refractivity contribution in [3.8, 4) is 11.4 Å². The predicted molar refractivity (Wildman–Crippen MR) is 72.2 cm³/mol. The summed E-state index contributed by atoms with van der Waals surface area (Å²) in [5.74, 6) is 0.608. The summed E-state index contributed by atoms with van der Waals surface area (Å²) in [6.07, 6.45) is 0. The second-order valence-electron chi connectivity index (χ2n) is 3.85.